The van der Waals surface area contributed by atoms with Crippen molar-refractivity contribution in [2.45, 2.75) is 13.0 Å². The fourth-order valence-electron chi connectivity index (χ4n) is 1.71. The molecule has 0 spiro atoms. The molecule has 1 atom stereocenters. The van der Waals surface area contributed by atoms with Crippen LogP contribution in [-0.4, -0.2) is 11.1 Å². The Labute approximate surface area is 120 Å². The van der Waals surface area contributed by atoms with E-state index in [9.17, 15) is 4.79 Å². The summed E-state index contributed by atoms with van der Waals surface area (Å²) in [6.07, 6.45) is 0. The number of furan rings is 1. The van der Waals surface area contributed by atoms with Crippen molar-refractivity contribution >= 4 is 23.3 Å². The van der Waals surface area contributed by atoms with Crippen LogP contribution >= 0.6 is 11.6 Å². The molecule has 0 fully saturated rings. The lowest BCUT2D eigenvalue weighted by molar-refractivity contribution is 0.0660. The molecule has 102 valence electrons. The van der Waals surface area contributed by atoms with Gasteiger partial charge in [-0.05, 0) is 37.3 Å². The van der Waals surface area contributed by atoms with E-state index in [1.807, 2.05) is 13.0 Å². The Morgan fingerprint density at radius 3 is 2.75 bits per heavy atom. The van der Waals surface area contributed by atoms with Crippen LogP contribution in [0.3, 0.4) is 0 Å². The van der Waals surface area contributed by atoms with Crippen LogP contribution in [0.2, 0.25) is 5.02 Å². The van der Waals surface area contributed by atoms with Gasteiger partial charge in [0.05, 0.1) is 28.4 Å². The average molecular weight is 291 g/mol. The molecule has 0 saturated carbocycles. The van der Waals surface area contributed by atoms with Gasteiger partial charge in [-0.15, -0.1) is 0 Å². The predicted molar refractivity (Wildman–Crippen MR) is 73.9 cm³/mol. The Bertz CT molecular complexity index is 688. The fourth-order valence-corrected chi connectivity index (χ4v) is 1.94. The summed E-state index contributed by atoms with van der Waals surface area (Å²) in [5.74, 6) is -0.734. The number of carbonyl (C=O) groups is 1. The van der Waals surface area contributed by atoms with E-state index in [0.29, 0.717) is 22.0 Å². The second-order valence-electron chi connectivity index (χ2n) is 4.18. The minimum atomic E-state index is -1.11. The number of aromatic carboxylic acids is 1. The van der Waals surface area contributed by atoms with Crippen molar-refractivity contribution in [1.29, 1.82) is 5.26 Å². The quantitative estimate of drug-likeness (QED) is 0.897. The highest BCUT2D eigenvalue weighted by atomic mass is 35.5. The summed E-state index contributed by atoms with van der Waals surface area (Å²) in [5.41, 5.74) is 1.12. The zero-order valence-corrected chi connectivity index (χ0v) is 11.3. The monoisotopic (exact) mass is 290 g/mol. The number of nitrogens with zero attached hydrogens (tertiary/aromatic N) is 1. The van der Waals surface area contributed by atoms with E-state index in [1.54, 1.807) is 24.3 Å². The fraction of sp³-hybridized carbons (Fsp3) is 0.143. The first kappa shape index (κ1) is 14.0. The summed E-state index contributed by atoms with van der Waals surface area (Å²) >= 11 is 6.06. The zero-order chi connectivity index (χ0) is 14.7. The molecule has 0 aliphatic rings. The molecule has 1 aromatic heterocycles. The van der Waals surface area contributed by atoms with Gasteiger partial charge in [0, 0.05) is 0 Å². The molecule has 1 unspecified atom stereocenters. The maximum Gasteiger partial charge on any atom is 0.371 e. The molecule has 2 N–H and O–H groups in total. The number of hydrogen-bond acceptors (Lipinski definition) is 4. The van der Waals surface area contributed by atoms with Gasteiger partial charge in [0.25, 0.3) is 0 Å². The van der Waals surface area contributed by atoms with Gasteiger partial charge in [-0.2, -0.15) is 5.26 Å². The van der Waals surface area contributed by atoms with Crippen LogP contribution in [0.25, 0.3) is 0 Å². The molecule has 0 radical (unpaired) electrons. The third-order valence-corrected chi connectivity index (χ3v) is 3.05. The molecule has 2 rings (SSSR count). The highest BCUT2D eigenvalue weighted by Gasteiger charge is 2.15. The molecule has 20 heavy (non-hydrogen) atoms. The van der Waals surface area contributed by atoms with E-state index in [2.05, 4.69) is 5.32 Å². The van der Waals surface area contributed by atoms with Crippen LogP contribution in [0.5, 0.6) is 0 Å². The van der Waals surface area contributed by atoms with E-state index in [1.165, 1.54) is 6.07 Å². The van der Waals surface area contributed by atoms with Crippen LogP contribution < -0.4 is 5.32 Å². The number of rotatable bonds is 4. The summed E-state index contributed by atoms with van der Waals surface area (Å²) < 4.78 is 5.21. The summed E-state index contributed by atoms with van der Waals surface area (Å²) in [6, 6.07) is 9.63. The lowest BCUT2D eigenvalue weighted by Crippen LogP contribution is -2.06. The number of benzene rings is 1. The number of hydrogen-bond donors (Lipinski definition) is 2. The number of nitrogens with one attached hydrogen (secondary N) is 1. The second-order valence-corrected chi connectivity index (χ2v) is 4.59. The average Bonchev–Trinajstić information content (AvgIpc) is 2.91. The summed E-state index contributed by atoms with van der Waals surface area (Å²) in [6.45, 7) is 1.82. The van der Waals surface area contributed by atoms with Gasteiger partial charge in [-0.3, -0.25) is 0 Å². The first-order chi connectivity index (χ1) is 9.51. The van der Waals surface area contributed by atoms with Gasteiger partial charge in [-0.25, -0.2) is 4.79 Å². The van der Waals surface area contributed by atoms with Gasteiger partial charge in [-0.1, -0.05) is 11.6 Å². The number of carboxylic acid groups (broad SMARTS) is 1. The molecule has 6 heteroatoms. The molecule has 1 heterocycles. The molecule has 0 aliphatic carbocycles. The van der Waals surface area contributed by atoms with E-state index < -0.39 is 5.97 Å². The summed E-state index contributed by atoms with van der Waals surface area (Å²) in [5, 5.41) is 21.1. The van der Waals surface area contributed by atoms with Crippen molar-refractivity contribution < 1.29 is 14.3 Å². The normalized spacial score (nSPS) is 11.7. The molecule has 2 aromatic rings. The van der Waals surface area contributed by atoms with Gasteiger partial charge < -0.3 is 14.8 Å². The van der Waals surface area contributed by atoms with Gasteiger partial charge >= 0.3 is 5.97 Å². The minimum Gasteiger partial charge on any atom is -0.475 e. The van der Waals surface area contributed by atoms with Crippen LogP contribution in [-0.2, 0) is 0 Å². The second kappa shape index (κ2) is 5.68. The zero-order valence-electron chi connectivity index (χ0n) is 10.6. The highest BCUT2D eigenvalue weighted by molar-refractivity contribution is 6.33. The number of nitriles is 1. The Balaban J connectivity index is 2.16. The smallest absolute Gasteiger partial charge is 0.371 e. The Morgan fingerprint density at radius 1 is 1.45 bits per heavy atom. The third kappa shape index (κ3) is 2.92. The van der Waals surface area contributed by atoms with Crippen molar-refractivity contribution in [2.24, 2.45) is 0 Å². The van der Waals surface area contributed by atoms with E-state index in [0.717, 1.165) is 0 Å². The van der Waals surface area contributed by atoms with Gasteiger partial charge in [0.1, 0.15) is 5.76 Å². The maximum absolute atomic E-state index is 10.8. The maximum atomic E-state index is 10.8. The standard InChI is InChI=1S/C14H11ClN2O3/c1-8(12-4-5-13(20-12)14(18)19)17-11-3-2-9(7-16)6-10(11)15/h2-6,8,17H,1H3,(H,18,19). The minimum absolute atomic E-state index is 0.112. The third-order valence-electron chi connectivity index (χ3n) is 2.73. The molecular formula is C14H11ClN2O3. The predicted octanol–water partition coefficient (Wildman–Crippen LogP) is 3.68. The van der Waals surface area contributed by atoms with Crippen LogP contribution in [0, 0.1) is 11.3 Å². The molecule has 0 saturated heterocycles. The summed E-state index contributed by atoms with van der Waals surface area (Å²) in [4.78, 5) is 10.8. The summed E-state index contributed by atoms with van der Waals surface area (Å²) in [7, 11) is 0. The van der Waals surface area contributed by atoms with Crippen molar-refractivity contribution in [3.05, 3.63) is 52.4 Å². The topological polar surface area (TPSA) is 86.3 Å². The number of carboxylic acids is 1. The Hall–Kier alpha value is -2.45. The largest absolute Gasteiger partial charge is 0.475 e. The lowest BCUT2D eigenvalue weighted by atomic mass is 10.2. The molecule has 5 nitrogen and oxygen atoms in total. The molecule has 0 amide bonds. The SMILES string of the molecule is CC(Nc1ccc(C#N)cc1Cl)c1ccc(C(=O)O)o1. The first-order valence-corrected chi connectivity index (χ1v) is 6.18. The van der Waals surface area contributed by atoms with E-state index in [-0.39, 0.29) is 11.8 Å². The number of anilines is 1. The first-order valence-electron chi connectivity index (χ1n) is 5.80. The highest BCUT2D eigenvalue weighted by Crippen LogP contribution is 2.27. The molecule has 1 aromatic carbocycles. The molecule has 0 aliphatic heterocycles. The van der Waals surface area contributed by atoms with Gasteiger partial charge in [0.15, 0.2) is 0 Å². The van der Waals surface area contributed by atoms with Gasteiger partial charge in [0.2, 0.25) is 5.76 Å². The van der Waals surface area contributed by atoms with Crippen molar-refractivity contribution in [2.75, 3.05) is 5.32 Å². The molecule has 0 bridgehead atoms. The Morgan fingerprint density at radius 2 is 2.20 bits per heavy atom. The number of halogens is 1. The van der Waals surface area contributed by atoms with Crippen molar-refractivity contribution in [1.82, 2.24) is 0 Å². The lowest BCUT2D eigenvalue weighted by Gasteiger charge is -2.14. The van der Waals surface area contributed by atoms with Crippen LogP contribution in [0.15, 0.2) is 34.7 Å². The van der Waals surface area contributed by atoms with Crippen LogP contribution in [0.4, 0.5) is 5.69 Å². The van der Waals surface area contributed by atoms with Crippen molar-refractivity contribution in [3.63, 3.8) is 0 Å². The van der Waals surface area contributed by atoms with E-state index in [4.69, 9.17) is 26.4 Å². The Kier molecular flexibility index (Phi) is 3.97. The van der Waals surface area contributed by atoms with Crippen molar-refractivity contribution in [3.8, 4) is 6.07 Å². The van der Waals surface area contributed by atoms with Crippen LogP contribution in [0.1, 0.15) is 34.8 Å². The molecular weight excluding hydrogens is 280 g/mol. The van der Waals surface area contributed by atoms with E-state index >= 15 is 0 Å².